The van der Waals surface area contributed by atoms with Gasteiger partial charge < -0.3 is 19.5 Å². The Bertz CT molecular complexity index is 1160. The molecule has 0 unspecified atom stereocenters. The first-order chi connectivity index (χ1) is 16.5. The van der Waals surface area contributed by atoms with E-state index >= 15 is 0 Å². The molecule has 0 aliphatic heterocycles. The summed E-state index contributed by atoms with van der Waals surface area (Å²) in [5, 5.41) is 7.61. The molecule has 8 heteroatoms. The molecule has 0 aromatic heterocycles. The number of ether oxygens (including phenoxy) is 3. The second-order valence-electron chi connectivity index (χ2n) is 7.18. The largest absolute Gasteiger partial charge is 0.494 e. The first-order valence-corrected chi connectivity index (χ1v) is 11.3. The fourth-order valence-electron chi connectivity index (χ4n) is 3.02. The van der Waals surface area contributed by atoms with Crippen LogP contribution in [0.15, 0.2) is 71.8 Å². The maximum Gasteiger partial charge on any atom is 0.343 e. The Labute approximate surface area is 204 Å². The molecule has 7 nitrogen and oxygen atoms in total. The van der Waals surface area contributed by atoms with E-state index in [0.717, 1.165) is 16.8 Å². The van der Waals surface area contributed by atoms with Gasteiger partial charge in [-0.25, -0.2) is 4.79 Å². The van der Waals surface area contributed by atoms with Crippen molar-refractivity contribution in [2.45, 2.75) is 20.8 Å². The number of carbonyl (C=O) groups is 1. The minimum absolute atomic E-state index is 0.322. The van der Waals surface area contributed by atoms with Crippen LogP contribution in [-0.2, 0) is 0 Å². The summed E-state index contributed by atoms with van der Waals surface area (Å²) >= 11 is 5.27. The summed E-state index contributed by atoms with van der Waals surface area (Å²) in [5.74, 6) is 0.966. The summed E-state index contributed by atoms with van der Waals surface area (Å²) in [6, 6.07) is 19.8. The third kappa shape index (κ3) is 7.31. The second-order valence-corrected chi connectivity index (χ2v) is 7.59. The number of hydrogen-bond acceptors (Lipinski definition) is 6. The summed E-state index contributed by atoms with van der Waals surface area (Å²) in [4.78, 5) is 12.6. The van der Waals surface area contributed by atoms with Crippen molar-refractivity contribution in [2.75, 3.05) is 18.5 Å². The summed E-state index contributed by atoms with van der Waals surface area (Å²) in [5.41, 5.74) is 5.95. The number of benzene rings is 3. The number of aryl methyl sites for hydroxylation is 1. The van der Waals surface area contributed by atoms with Gasteiger partial charge in [0.05, 0.1) is 25.0 Å². The van der Waals surface area contributed by atoms with Crippen molar-refractivity contribution < 1.29 is 19.0 Å². The molecule has 0 spiro atoms. The third-order valence-electron chi connectivity index (χ3n) is 4.53. The van der Waals surface area contributed by atoms with Gasteiger partial charge in [0, 0.05) is 5.69 Å². The van der Waals surface area contributed by atoms with E-state index in [-0.39, 0.29) is 0 Å². The molecule has 176 valence electrons. The molecular weight excluding hydrogens is 450 g/mol. The van der Waals surface area contributed by atoms with Crippen molar-refractivity contribution in [3.05, 3.63) is 83.4 Å². The van der Waals surface area contributed by atoms with Crippen LogP contribution in [0.4, 0.5) is 5.69 Å². The molecule has 34 heavy (non-hydrogen) atoms. The van der Waals surface area contributed by atoms with Crippen LogP contribution in [0.1, 0.15) is 35.3 Å². The molecule has 0 saturated carbocycles. The number of thiocarbonyl (C=S) groups is 1. The van der Waals surface area contributed by atoms with Crippen LogP contribution in [0.2, 0.25) is 0 Å². The van der Waals surface area contributed by atoms with E-state index in [1.165, 1.54) is 0 Å². The standard InChI is InChI=1S/C26H27N3O4S/c1-4-31-22-12-10-20(11-13-22)25(30)33-23-14-9-19(16-24(23)32-5-2)17-27-29-26(34)28-21-8-6-7-18(3)15-21/h6-17H,4-5H2,1-3H3,(H2,28,29,34). The molecule has 0 saturated heterocycles. The summed E-state index contributed by atoms with van der Waals surface area (Å²) in [7, 11) is 0. The molecule has 0 amide bonds. The zero-order valence-electron chi connectivity index (χ0n) is 19.3. The number of rotatable bonds is 9. The van der Waals surface area contributed by atoms with Crippen LogP contribution in [0.25, 0.3) is 0 Å². The fourth-order valence-corrected chi connectivity index (χ4v) is 3.19. The summed E-state index contributed by atoms with van der Waals surface area (Å²) in [6.07, 6.45) is 1.60. The van der Waals surface area contributed by atoms with Crippen LogP contribution < -0.4 is 25.0 Å². The molecule has 3 rings (SSSR count). The average Bonchev–Trinajstić information content (AvgIpc) is 2.81. The molecule has 0 fully saturated rings. The van der Waals surface area contributed by atoms with Gasteiger partial charge >= 0.3 is 5.97 Å². The van der Waals surface area contributed by atoms with Crippen molar-refractivity contribution in [1.29, 1.82) is 0 Å². The van der Waals surface area contributed by atoms with Crippen LogP contribution >= 0.6 is 12.2 Å². The highest BCUT2D eigenvalue weighted by molar-refractivity contribution is 7.80. The smallest absolute Gasteiger partial charge is 0.343 e. The monoisotopic (exact) mass is 477 g/mol. The van der Waals surface area contributed by atoms with Gasteiger partial charge in [-0.3, -0.25) is 5.43 Å². The first-order valence-electron chi connectivity index (χ1n) is 10.9. The van der Waals surface area contributed by atoms with E-state index in [2.05, 4.69) is 15.8 Å². The van der Waals surface area contributed by atoms with Gasteiger partial charge in [-0.05, 0) is 98.7 Å². The maximum absolute atomic E-state index is 12.6. The Balaban J connectivity index is 1.63. The van der Waals surface area contributed by atoms with Crippen molar-refractivity contribution in [2.24, 2.45) is 5.10 Å². The number of nitrogens with zero attached hydrogens (tertiary/aromatic N) is 1. The Morgan fingerprint density at radius 1 is 0.971 bits per heavy atom. The molecule has 0 aliphatic rings. The van der Waals surface area contributed by atoms with Gasteiger partial charge in [0.15, 0.2) is 16.6 Å². The minimum atomic E-state index is -0.486. The molecule has 0 bridgehead atoms. The third-order valence-corrected chi connectivity index (χ3v) is 4.72. The van der Waals surface area contributed by atoms with E-state index in [1.807, 2.05) is 45.0 Å². The summed E-state index contributed by atoms with van der Waals surface area (Å²) < 4.78 is 16.6. The van der Waals surface area contributed by atoms with Gasteiger partial charge in [-0.2, -0.15) is 5.10 Å². The summed E-state index contributed by atoms with van der Waals surface area (Å²) in [6.45, 7) is 6.74. The Hall–Kier alpha value is -3.91. The predicted molar refractivity (Wildman–Crippen MR) is 138 cm³/mol. The number of carbonyl (C=O) groups excluding carboxylic acids is 1. The molecule has 2 N–H and O–H groups in total. The molecule has 3 aromatic rings. The van der Waals surface area contributed by atoms with E-state index in [0.29, 0.717) is 41.1 Å². The fraction of sp³-hybridized carbons (Fsp3) is 0.192. The van der Waals surface area contributed by atoms with E-state index < -0.39 is 5.97 Å². The van der Waals surface area contributed by atoms with E-state index in [1.54, 1.807) is 48.7 Å². The molecule has 3 aromatic carbocycles. The number of hydrazone groups is 1. The average molecular weight is 478 g/mol. The number of anilines is 1. The number of nitrogens with one attached hydrogen (secondary N) is 2. The zero-order valence-corrected chi connectivity index (χ0v) is 20.1. The van der Waals surface area contributed by atoms with Crippen LogP contribution in [0.3, 0.4) is 0 Å². The lowest BCUT2D eigenvalue weighted by Crippen LogP contribution is -2.23. The highest BCUT2D eigenvalue weighted by Gasteiger charge is 2.13. The zero-order chi connectivity index (χ0) is 24.3. The Kier molecular flexibility index (Phi) is 8.99. The second kappa shape index (κ2) is 12.4. The lowest BCUT2D eigenvalue weighted by atomic mass is 10.2. The number of hydrogen-bond donors (Lipinski definition) is 2. The Morgan fingerprint density at radius 3 is 2.44 bits per heavy atom. The molecule has 0 atom stereocenters. The maximum atomic E-state index is 12.6. The highest BCUT2D eigenvalue weighted by atomic mass is 32.1. The van der Waals surface area contributed by atoms with Crippen LogP contribution in [0.5, 0.6) is 17.2 Å². The lowest BCUT2D eigenvalue weighted by molar-refractivity contribution is 0.0728. The van der Waals surface area contributed by atoms with Crippen LogP contribution in [-0.4, -0.2) is 30.5 Å². The lowest BCUT2D eigenvalue weighted by Gasteiger charge is -2.12. The van der Waals surface area contributed by atoms with Crippen molar-refractivity contribution in [3.63, 3.8) is 0 Å². The molecule has 0 aliphatic carbocycles. The minimum Gasteiger partial charge on any atom is -0.494 e. The van der Waals surface area contributed by atoms with Gasteiger partial charge in [-0.1, -0.05) is 12.1 Å². The normalized spacial score (nSPS) is 10.6. The van der Waals surface area contributed by atoms with E-state index in [4.69, 9.17) is 26.4 Å². The predicted octanol–water partition coefficient (Wildman–Crippen LogP) is 5.33. The van der Waals surface area contributed by atoms with Gasteiger partial charge in [0.25, 0.3) is 0 Å². The topological polar surface area (TPSA) is 81.2 Å². The van der Waals surface area contributed by atoms with Gasteiger partial charge in [0.2, 0.25) is 0 Å². The molecular formula is C26H27N3O4S. The van der Waals surface area contributed by atoms with E-state index in [9.17, 15) is 4.79 Å². The van der Waals surface area contributed by atoms with Crippen molar-refractivity contribution in [3.8, 4) is 17.2 Å². The Morgan fingerprint density at radius 2 is 1.74 bits per heavy atom. The highest BCUT2D eigenvalue weighted by Crippen LogP contribution is 2.29. The van der Waals surface area contributed by atoms with Crippen molar-refractivity contribution in [1.82, 2.24) is 5.43 Å². The van der Waals surface area contributed by atoms with Gasteiger partial charge in [0.1, 0.15) is 5.75 Å². The quantitative estimate of drug-likeness (QED) is 0.142. The molecule has 0 radical (unpaired) electrons. The van der Waals surface area contributed by atoms with Crippen LogP contribution in [0, 0.1) is 6.92 Å². The first kappa shape index (κ1) is 24.7. The molecule has 0 heterocycles. The SMILES string of the molecule is CCOc1ccc(C(=O)Oc2ccc(C=NNC(=S)Nc3cccc(C)c3)cc2OCC)cc1. The van der Waals surface area contributed by atoms with Gasteiger partial charge in [-0.15, -0.1) is 0 Å². The number of esters is 1. The van der Waals surface area contributed by atoms with Crippen molar-refractivity contribution >= 4 is 35.2 Å².